The number of hydrogen-bond acceptors (Lipinski definition) is 4. The molecular weight excluding hydrogens is 304 g/mol. The molecule has 1 aliphatic carbocycles. The van der Waals surface area contributed by atoms with E-state index in [0.29, 0.717) is 18.2 Å². The van der Waals surface area contributed by atoms with Crippen molar-refractivity contribution in [1.29, 1.82) is 0 Å². The van der Waals surface area contributed by atoms with E-state index in [-0.39, 0.29) is 17.6 Å². The number of amides is 1. The molecule has 2 heterocycles. The van der Waals surface area contributed by atoms with Gasteiger partial charge in [-0.25, -0.2) is 4.98 Å². The lowest BCUT2D eigenvalue weighted by Gasteiger charge is -2.35. The lowest BCUT2D eigenvalue weighted by molar-refractivity contribution is -0.138. The van der Waals surface area contributed by atoms with Gasteiger partial charge in [0.2, 0.25) is 11.7 Å². The highest BCUT2D eigenvalue weighted by atomic mass is 16.3. The number of ketones is 1. The number of aromatic nitrogens is 1. The van der Waals surface area contributed by atoms with Crippen LogP contribution >= 0.6 is 0 Å². The molecule has 0 aromatic carbocycles. The minimum absolute atomic E-state index is 0.00934. The number of piperidine rings is 1. The lowest BCUT2D eigenvalue weighted by Crippen LogP contribution is -2.42. The summed E-state index contributed by atoms with van der Waals surface area (Å²) in [7, 11) is 0. The highest BCUT2D eigenvalue weighted by Gasteiger charge is 2.29. The Hall–Kier alpha value is -1.65. The van der Waals surface area contributed by atoms with Crippen LogP contribution in [0.15, 0.2) is 16.9 Å². The molecule has 5 heteroatoms. The smallest absolute Gasteiger partial charge is 0.263 e. The van der Waals surface area contributed by atoms with Gasteiger partial charge >= 0.3 is 0 Å². The summed E-state index contributed by atoms with van der Waals surface area (Å²) >= 11 is 0. The van der Waals surface area contributed by atoms with Crippen LogP contribution in [-0.4, -0.2) is 34.7 Å². The fourth-order valence-corrected chi connectivity index (χ4v) is 4.07. The third-order valence-electron chi connectivity index (χ3n) is 5.57. The number of rotatable bonds is 6. The van der Waals surface area contributed by atoms with Gasteiger partial charge in [0.15, 0.2) is 0 Å². The molecule has 2 fully saturated rings. The number of oxazole rings is 1. The van der Waals surface area contributed by atoms with Crippen LogP contribution in [0.1, 0.15) is 74.9 Å². The van der Waals surface area contributed by atoms with E-state index in [1.807, 2.05) is 0 Å². The number of carbonyl (C=O) groups excluding carboxylic acids is 2. The molecule has 1 aromatic rings. The molecule has 5 nitrogen and oxygen atoms in total. The summed E-state index contributed by atoms with van der Waals surface area (Å²) in [6.45, 7) is 1.79. The number of nitrogens with zero attached hydrogens (tertiary/aromatic N) is 2. The maximum atomic E-state index is 12.6. The zero-order valence-electron chi connectivity index (χ0n) is 14.4. The summed E-state index contributed by atoms with van der Waals surface area (Å²) in [5, 5.41) is 0. The largest absolute Gasteiger partial charge is 0.442 e. The van der Waals surface area contributed by atoms with E-state index >= 15 is 0 Å². The second kappa shape index (κ2) is 8.45. The minimum Gasteiger partial charge on any atom is -0.442 e. The maximum Gasteiger partial charge on any atom is 0.263 e. The molecule has 0 spiro atoms. The number of likely N-dealkylation sites (tertiary alicyclic amines) is 1. The van der Waals surface area contributed by atoms with Crippen LogP contribution in [0, 0.1) is 11.8 Å². The first-order valence-electron chi connectivity index (χ1n) is 9.45. The van der Waals surface area contributed by atoms with E-state index in [9.17, 15) is 9.59 Å². The first-order chi connectivity index (χ1) is 11.7. The van der Waals surface area contributed by atoms with Gasteiger partial charge in [-0.1, -0.05) is 19.3 Å². The van der Waals surface area contributed by atoms with Crippen LogP contribution in [0.25, 0.3) is 0 Å². The van der Waals surface area contributed by atoms with E-state index in [4.69, 9.17) is 4.42 Å². The van der Waals surface area contributed by atoms with Gasteiger partial charge in [0.1, 0.15) is 6.26 Å². The van der Waals surface area contributed by atoms with Gasteiger partial charge in [-0.05, 0) is 44.4 Å². The van der Waals surface area contributed by atoms with Crippen LogP contribution in [0.3, 0.4) is 0 Å². The Bertz CT molecular complexity index is 527. The zero-order chi connectivity index (χ0) is 16.8. The number of hydrogen-bond donors (Lipinski definition) is 0. The molecule has 3 rings (SSSR count). The van der Waals surface area contributed by atoms with Gasteiger partial charge in [0.05, 0.1) is 6.20 Å². The quantitative estimate of drug-likeness (QED) is 0.742. The van der Waals surface area contributed by atoms with E-state index in [0.717, 1.165) is 51.6 Å². The van der Waals surface area contributed by atoms with Crippen LogP contribution in [-0.2, 0) is 4.79 Å². The lowest BCUT2D eigenvalue weighted by atomic mass is 9.86. The number of carbonyl (C=O) groups is 2. The van der Waals surface area contributed by atoms with Gasteiger partial charge in [-0.2, -0.15) is 0 Å². The van der Waals surface area contributed by atoms with E-state index in [1.165, 1.54) is 31.7 Å². The van der Waals surface area contributed by atoms with Gasteiger partial charge in [0, 0.05) is 25.4 Å². The Labute approximate surface area is 143 Å². The van der Waals surface area contributed by atoms with Gasteiger partial charge in [-0.15, -0.1) is 0 Å². The molecule has 1 aliphatic heterocycles. The average Bonchev–Trinajstić information content (AvgIpc) is 3.17. The van der Waals surface area contributed by atoms with Crippen molar-refractivity contribution in [3.63, 3.8) is 0 Å². The molecule has 132 valence electrons. The minimum atomic E-state index is -0.00934. The monoisotopic (exact) mass is 332 g/mol. The summed E-state index contributed by atoms with van der Waals surface area (Å²) < 4.78 is 5.03. The molecule has 0 atom stereocenters. The Kier molecular flexibility index (Phi) is 6.05. The molecule has 24 heavy (non-hydrogen) atoms. The standard InChI is InChI=1S/C19H28N2O3/c22-17(18-20-11-14-24-18)8-4-5-15-9-12-21(13-10-15)19(23)16-6-2-1-3-7-16/h11,14-16H,1-10,12-13H2. The Morgan fingerprint density at radius 3 is 2.54 bits per heavy atom. The van der Waals surface area contributed by atoms with Crippen molar-refractivity contribution >= 4 is 11.7 Å². The summed E-state index contributed by atoms with van der Waals surface area (Å²) in [4.78, 5) is 30.4. The Morgan fingerprint density at radius 1 is 1.12 bits per heavy atom. The van der Waals surface area contributed by atoms with Crippen LogP contribution < -0.4 is 0 Å². The first kappa shape index (κ1) is 17.2. The first-order valence-corrected chi connectivity index (χ1v) is 9.45. The van der Waals surface area contributed by atoms with Crippen LogP contribution in [0.2, 0.25) is 0 Å². The summed E-state index contributed by atoms with van der Waals surface area (Å²) in [5.41, 5.74) is 0. The molecule has 2 aliphatic rings. The van der Waals surface area contributed by atoms with Gasteiger partial charge in [0.25, 0.3) is 5.89 Å². The predicted molar refractivity (Wildman–Crippen MR) is 90.6 cm³/mol. The maximum absolute atomic E-state index is 12.6. The topological polar surface area (TPSA) is 63.4 Å². The SMILES string of the molecule is O=C(CCCC1CCN(C(=O)C2CCCCC2)CC1)c1ncco1. The Balaban J connectivity index is 1.34. The van der Waals surface area contributed by atoms with Crippen molar-refractivity contribution in [3.05, 3.63) is 18.4 Å². The third kappa shape index (κ3) is 4.46. The fourth-order valence-electron chi connectivity index (χ4n) is 4.07. The summed E-state index contributed by atoms with van der Waals surface area (Å²) in [5.74, 6) is 1.53. The van der Waals surface area contributed by atoms with Gasteiger partial charge < -0.3 is 9.32 Å². The molecule has 1 amide bonds. The molecule has 1 saturated carbocycles. The Morgan fingerprint density at radius 2 is 1.88 bits per heavy atom. The van der Waals surface area contributed by atoms with E-state index < -0.39 is 0 Å². The summed E-state index contributed by atoms with van der Waals surface area (Å²) in [6.07, 6.45) is 13.4. The molecule has 0 unspecified atom stereocenters. The van der Waals surface area contributed by atoms with Crippen LogP contribution in [0.4, 0.5) is 0 Å². The van der Waals surface area contributed by atoms with Crippen molar-refractivity contribution in [3.8, 4) is 0 Å². The predicted octanol–water partition coefficient (Wildman–Crippen LogP) is 3.85. The molecule has 1 saturated heterocycles. The van der Waals surface area contributed by atoms with Gasteiger partial charge in [-0.3, -0.25) is 9.59 Å². The molecular formula is C19H28N2O3. The van der Waals surface area contributed by atoms with Crippen LogP contribution in [0.5, 0.6) is 0 Å². The fraction of sp³-hybridized carbons (Fsp3) is 0.737. The highest BCUT2D eigenvalue weighted by molar-refractivity contribution is 5.91. The molecule has 0 radical (unpaired) electrons. The van der Waals surface area contributed by atoms with Crippen molar-refractivity contribution in [1.82, 2.24) is 9.88 Å². The van der Waals surface area contributed by atoms with Crippen molar-refractivity contribution in [2.75, 3.05) is 13.1 Å². The van der Waals surface area contributed by atoms with E-state index in [1.54, 1.807) is 0 Å². The second-order valence-corrected chi connectivity index (χ2v) is 7.26. The molecule has 0 N–H and O–H groups in total. The van der Waals surface area contributed by atoms with Crippen molar-refractivity contribution < 1.29 is 14.0 Å². The second-order valence-electron chi connectivity index (χ2n) is 7.26. The normalized spacial score (nSPS) is 20.2. The number of Topliss-reactive ketones (excluding diaryl/α,β-unsaturated/α-hetero) is 1. The van der Waals surface area contributed by atoms with Crippen molar-refractivity contribution in [2.24, 2.45) is 11.8 Å². The highest BCUT2D eigenvalue weighted by Crippen LogP contribution is 2.28. The van der Waals surface area contributed by atoms with Crippen molar-refractivity contribution in [2.45, 2.75) is 64.2 Å². The van der Waals surface area contributed by atoms with E-state index in [2.05, 4.69) is 9.88 Å². The third-order valence-corrected chi connectivity index (χ3v) is 5.57. The molecule has 1 aromatic heterocycles. The zero-order valence-corrected chi connectivity index (χ0v) is 14.4. The average molecular weight is 332 g/mol. The molecule has 0 bridgehead atoms. The summed E-state index contributed by atoms with van der Waals surface area (Å²) in [6, 6.07) is 0.